The molecule has 116 valence electrons. The van der Waals surface area contributed by atoms with E-state index in [1.807, 2.05) is 11.9 Å². The number of likely N-dealkylation sites (N-methyl/N-ethyl adjacent to an activating group) is 1. The van der Waals surface area contributed by atoms with Gasteiger partial charge in [0.1, 0.15) is 0 Å². The van der Waals surface area contributed by atoms with Crippen LogP contribution in [0, 0.1) is 0 Å². The highest BCUT2D eigenvalue weighted by atomic mass is 35.5. The Bertz CT molecular complexity index is 451. The summed E-state index contributed by atoms with van der Waals surface area (Å²) in [6, 6.07) is -0.111. The number of carbonyl (C=O) groups is 1. The molecule has 2 fully saturated rings. The predicted octanol–water partition coefficient (Wildman–Crippen LogP) is -0.809. The number of halogens is 1. The Morgan fingerprint density at radius 2 is 2.20 bits per heavy atom. The smallest absolute Gasteiger partial charge is 0.234 e. The van der Waals surface area contributed by atoms with Crippen LogP contribution in [0.15, 0.2) is 0 Å². The minimum absolute atomic E-state index is 0.0537. The molecule has 2 saturated heterocycles. The van der Waals surface area contributed by atoms with E-state index in [9.17, 15) is 13.2 Å². The molecule has 0 bridgehead atoms. The average Bonchev–Trinajstić information content (AvgIpc) is 2.63. The van der Waals surface area contributed by atoms with Gasteiger partial charge in [-0.1, -0.05) is 0 Å². The van der Waals surface area contributed by atoms with Gasteiger partial charge in [-0.15, -0.1) is 11.6 Å². The van der Waals surface area contributed by atoms with E-state index >= 15 is 0 Å². The lowest BCUT2D eigenvalue weighted by Crippen LogP contribution is -2.50. The molecular weight excluding hydrogens is 302 g/mol. The molecule has 3 unspecified atom stereocenters. The molecule has 0 radical (unpaired) electrons. The van der Waals surface area contributed by atoms with E-state index in [0.29, 0.717) is 6.04 Å². The van der Waals surface area contributed by atoms with Gasteiger partial charge in [0.2, 0.25) is 5.91 Å². The zero-order valence-corrected chi connectivity index (χ0v) is 13.2. The molecule has 2 aliphatic rings. The van der Waals surface area contributed by atoms with Crippen molar-refractivity contribution in [3.63, 3.8) is 0 Å². The van der Waals surface area contributed by atoms with Gasteiger partial charge in [-0.3, -0.25) is 9.69 Å². The summed E-state index contributed by atoms with van der Waals surface area (Å²) in [7, 11) is -1.19. The Kier molecular flexibility index (Phi) is 5.28. The maximum absolute atomic E-state index is 12.0. The van der Waals surface area contributed by atoms with Crippen molar-refractivity contribution in [2.24, 2.45) is 0 Å². The summed E-state index contributed by atoms with van der Waals surface area (Å²) in [5.74, 6) is -0.269. The van der Waals surface area contributed by atoms with E-state index in [-0.39, 0.29) is 24.0 Å². The topological polar surface area (TPSA) is 78.5 Å². The Labute approximate surface area is 125 Å². The third-order valence-corrected chi connectivity index (χ3v) is 6.29. The monoisotopic (exact) mass is 323 g/mol. The van der Waals surface area contributed by atoms with Gasteiger partial charge in [-0.25, -0.2) is 8.42 Å². The van der Waals surface area contributed by atoms with Crippen LogP contribution in [-0.2, 0) is 14.6 Å². The summed E-state index contributed by atoms with van der Waals surface area (Å²) in [4.78, 5) is 14.0. The van der Waals surface area contributed by atoms with Gasteiger partial charge >= 0.3 is 0 Å². The van der Waals surface area contributed by atoms with Gasteiger partial charge in [-0.05, 0) is 26.4 Å². The lowest BCUT2D eigenvalue weighted by atomic mass is 10.1. The fourth-order valence-corrected chi connectivity index (χ4v) is 5.30. The molecule has 20 heavy (non-hydrogen) atoms. The third-order valence-electron chi connectivity index (χ3n) is 3.92. The van der Waals surface area contributed by atoms with Crippen LogP contribution >= 0.6 is 11.6 Å². The van der Waals surface area contributed by atoms with Crippen molar-refractivity contribution < 1.29 is 13.2 Å². The van der Waals surface area contributed by atoms with Crippen LogP contribution in [0.4, 0.5) is 0 Å². The van der Waals surface area contributed by atoms with Gasteiger partial charge in [0.15, 0.2) is 9.84 Å². The van der Waals surface area contributed by atoms with Crippen molar-refractivity contribution in [2.75, 3.05) is 38.2 Å². The second kappa shape index (κ2) is 6.60. The maximum atomic E-state index is 12.0. The van der Waals surface area contributed by atoms with Gasteiger partial charge in [0.25, 0.3) is 0 Å². The normalized spacial score (nSPS) is 33.2. The molecular formula is C12H22ClN3O3S. The number of rotatable bonds is 4. The molecule has 0 aromatic rings. The molecule has 3 atom stereocenters. The van der Waals surface area contributed by atoms with Crippen LogP contribution in [-0.4, -0.2) is 74.9 Å². The number of hydrogen-bond acceptors (Lipinski definition) is 5. The largest absolute Gasteiger partial charge is 0.350 e. The van der Waals surface area contributed by atoms with Crippen molar-refractivity contribution >= 4 is 27.3 Å². The molecule has 2 rings (SSSR count). The highest BCUT2D eigenvalue weighted by Crippen LogP contribution is 2.18. The van der Waals surface area contributed by atoms with Gasteiger partial charge in [0, 0.05) is 12.6 Å². The van der Waals surface area contributed by atoms with Crippen LogP contribution in [0.2, 0.25) is 0 Å². The number of hydrogen-bond donors (Lipinski definition) is 2. The highest BCUT2D eigenvalue weighted by Gasteiger charge is 2.37. The quantitative estimate of drug-likeness (QED) is 0.662. The summed E-state index contributed by atoms with van der Waals surface area (Å²) in [6.45, 7) is 2.19. The fourth-order valence-electron chi connectivity index (χ4n) is 2.75. The van der Waals surface area contributed by atoms with Crippen LogP contribution in [0.3, 0.4) is 0 Å². The van der Waals surface area contributed by atoms with Crippen molar-refractivity contribution in [1.29, 1.82) is 0 Å². The molecule has 0 aromatic carbocycles. The lowest BCUT2D eigenvalue weighted by Gasteiger charge is -2.31. The number of nitrogens with zero attached hydrogens (tertiary/aromatic N) is 1. The van der Waals surface area contributed by atoms with E-state index in [0.717, 1.165) is 25.9 Å². The summed E-state index contributed by atoms with van der Waals surface area (Å²) in [5.41, 5.74) is 0. The summed E-state index contributed by atoms with van der Waals surface area (Å²) >= 11 is 5.97. The molecule has 6 nitrogen and oxygen atoms in total. The summed E-state index contributed by atoms with van der Waals surface area (Å²) in [5, 5.41) is 5.53. The number of sulfone groups is 1. The number of piperidine rings is 1. The Morgan fingerprint density at radius 3 is 2.75 bits per heavy atom. The molecule has 1 amide bonds. The van der Waals surface area contributed by atoms with Crippen LogP contribution < -0.4 is 10.6 Å². The van der Waals surface area contributed by atoms with Crippen molar-refractivity contribution in [3.8, 4) is 0 Å². The minimum Gasteiger partial charge on any atom is -0.350 e. The van der Waals surface area contributed by atoms with Gasteiger partial charge in [-0.2, -0.15) is 0 Å². The Morgan fingerprint density at radius 1 is 1.45 bits per heavy atom. The number of alkyl halides is 1. The molecule has 2 heterocycles. The molecule has 0 aromatic heterocycles. The highest BCUT2D eigenvalue weighted by molar-refractivity contribution is 7.91. The Hall–Kier alpha value is -0.370. The standard InChI is InChI=1S/C12H22ClN3O3S/c1-16(9-3-2-4-14-5-9)6-12(17)15-11-8-20(18,19)7-10(11)13/h9-11,14H,2-8H2,1H3,(H,15,17). The number of carbonyl (C=O) groups excluding carboxylic acids is 1. The van der Waals surface area contributed by atoms with Crippen LogP contribution in [0.5, 0.6) is 0 Å². The zero-order chi connectivity index (χ0) is 14.8. The third kappa shape index (κ3) is 4.31. The van der Waals surface area contributed by atoms with Crippen molar-refractivity contribution in [3.05, 3.63) is 0 Å². The first-order valence-electron chi connectivity index (χ1n) is 6.92. The summed E-state index contributed by atoms with van der Waals surface area (Å²) in [6.07, 6.45) is 2.19. The predicted molar refractivity (Wildman–Crippen MR) is 78.7 cm³/mol. The minimum atomic E-state index is -3.11. The molecule has 2 aliphatic heterocycles. The van der Waals surface area contributed by atoms with Crippen LogP contribution in [0.25, 0.3) is 0 Å². The van der Waals surface area contributed by atoms with E-state index in [1.54, 1.807) is 0 Å². The number of amides is 1. The summed E-state index contributed by atoms with van der Waals surface area (Å²) < 4.78 is 22.9. The SMILES string of the molecule is CN(CC(=O)NC1CS(=O)(=O)CC1Cl)C1CCCNC1. The molecule has 8 heteroatoms. The first-order chi connectivity index (χ1) is 9.37. The molecule has 0 aliphatic carbocycles. The second-order valence-corrected chi connectivity index (χ2v) is 8.40. The van der Waals surface area contributed by atoms with Gasteiger partial charge in [0.05, 0.1) is 29.5 Å². The van der Waals surface area contributed by atoms with E-state index in [2.05, 4.69) is 10.6 Å². The fraction of sp³-hybridized carbons (Fsp3) is 0.917. The average molecular weight is 324 g/mol. The molecule has 0 saturated carbocycles. The van der Waals surface area contributed by atoms with Crippen molar-refractivity contribution in [1.82, 2.24) is 15.5 Å². The molecule has 0 spiro atoms. The first-order valence-corrected chi connectivity index (χ1v) is 9.18. The Balaban J connectivity index is 1.80. The van der Waals surface area contributed by atoms with E-state index in [1.165, 1.54) is 0 Å². The van der Waals surface area contributed by atoms with E-state index < -0.39 is 21.3 Å². The zero-order valence-electron chi connectivity index (χ0n) is 11.6. The first kappa shape index (κ1) is 16.0. The molecule has 2 N–H and O–H groups in total. The number of nitrogens with one attached hydrogen (secondary N) is 2. The maximum Gasteiger partial charge on any atom is 0.234 e. The van der Waals surface area contributed by atoms with Crippen molar-refractivity contribution in [2.45, 2.75) is 30.3 Å². The van der Waals surface area contributed by atoms with Gasteiger partial charge < -0.3 is 10.6 Å². The van der Waals surface area contributed by atoms with E-state index in [4.69, 9.17) is 11.6 Å². The van der Waals surface area contributed by atoms with Crippen LogP contribution in [0.1, 0.15) is 12.8 Å². The second-order valence-electron chi connectivity index (χ2n) is 5.68. The lowest BCUT2D eigenvalue weighted by molar-refractivity contribution is -0.123.